The van der Waals surface area contributed by atoms with Crippen LogP contribution in [0, 0.1) is 5.82 Å². The molecule has 1 unspecified atom stereocenters. The Morgan fingerprint density at radius 1 is 1.14 bits per heavy atom. The van der Waals surface area contributed by atoms with Crippen molar-refractivity contribution >= 4 is 17.3 Å². The SMILES string of the molecule is CC1=NN(c2ccc(C(=O)NC(c3ccc(F)cc3)c3nccn3C)cc2)CC1. The van der Waals surface area contributed by atoms with E-state index in [0.29, 0.717) is 11.4 Å². The molecule has 0 bridgehead atoms. The fraction of sp³-hybridized carbons (Fsp3) is 0.227. The largest absolute Gasteiger partial charge is 0.338 e. The van der Waals surface area contributed by atoms with Gasteiger partial charge in [-0.05, 0) is 48.9 Å². The first-order chi connectivity index (χ1) is 14.0. The van der Waals surface area contributed by atoms with Crippen molar-refractivity contribution in [1.29, 1.82) is 0 Å². The van der Waals surface area contributed by atoms with Crippen LogP contribution in [0.3, 0.4) is 0 Å². The molecule has 0 aliphatic carbocycles. The summed E-state index contributed by atoms with van der Waals surface area (Å²) in [4.78, 5) is 17.3. The highest BCUT2D eigenvalue weighted by Gasteiger charge is 2.22. The van der Waals surface area contributed by atoms with Gasteiger partial charge in [0.05, 0.1) is 5.69 Å². The molecule has 1 aliphatic heterocycles. The fourth-order valence-electron chi connectivity index (χ4n) is 3.37. The van der Waals surface area contributed by atoms with Crippen LogP contribution in [-0.2, 0) is 7.05 Å². The Labute approximate surface area is 168 Å². The molecule has 6 nitrogen and oxygen atoms in total. The summed E-state index contributed by atoms with van der Waals surface area (Å²) in [5.41, 5.74) is 3.35. The molecule has 0 fully saturated rings. The molecule has 7 heteroatoms. The van der Waals surface area contributed by atoms with Crippen LogP contribution >= 0.6 is 0 Å². The third kappa shape index (κ3) is 4.03. The molecule has 0 saturated carbocycles. The maximum atomic E-state index is 13.4. The Hall–Kier alpha value is -3.48. The van der Waals surface area contributed by atoms with Gasteiger partial charge >= 0.3 is 0 Å². The molecule has 0 radical (unpaired) electrons. The van der Waals surface area contributed by atoms with Crippen molar-refractivity contribution in [2.75, 3.05) is 11.6 Å². The van der Waals surface area contributed by atoms with E-state index in [0.717, 1.165) is 29.9 Å². The van der Waals surface area contributed by atoms with E-state index in [-0.39, 0.29) is 11.7 Å². The van der Waals surface area contributed by atoms with Gasteiger partial charge < -0.3 is 9.88 Å². The summed E-state index contributed by atoms with van der Waals surface area (Å²) >= 11 is 0. The molecule has 1 N–H and O–H groups in total. The number of aryl methyl sites for hydroxylation is 1. The molecular formula is C22H22FN5O. The van der Waals surface area contributed by atoms with E-state index in [1.165, 1.54) is 12.1 Å². The number of imidazole rings is 1. The molecule has 1 aromatic heterocycles. The highest BCUT2D eigenvalue weighted by Crippen LogP contribution is 2.23. The number of hydrogen-bond acceptors (Lipinski definition) is 4. The van der Waals surface area contributed by atoms with Crippen LogP contribution in [0.25, 0.3) is 0 Å². The third-order valence-corrected chi connectivity index (χ3v) is 5.00. The number of aromatic nitrogens is 2. The highest BCUT2D eigenvalue weighted by molar-refractivity contribution is 5.95. The zero-order valence-corrected chi connectivity index (χ0v) is 16.3. The minimum absolute atomic E-state index is 0.227. The lowest BCUT2D eigenvalue weighted by atomic mass is 10.0. The molecule has 1 aliphatic rings. The Morgan fingerprint density at radius 3 is 2.45 bits per heavy atom. The zero-order valence-electron chi connectivity index (χ0n) is 16.3. The standard InChI is InChI=1S/C22H22FN5O/c1-15-11-13-28(26-15)19-9-5-17(6-10-19)22(29)25-20(21-24-12-14-27(21)2)16-3-7-18(23)8-4-16/h3-10,12,14,20H,11,13H2,1-2H3,(H,25,29). The van der Waals surface area contributed by atoms with Crippen molar-refractivity contribution < 1.29 is 9.18 Å². The van der Waals surface area contributed by atoms with Gasteiger partial charge in [0.25, 0.3) is 5.91 Å². The summed E-state index contributed by atoms with van der Waals surface area (Å²) < 4.78 is 15.2. The van der Waals surface area contributed by atoms with E-state index in [4.69, 9.17) is 0 Å². The van der Waals surface area contributed by atoms with Crippen molar-refractivity contribution in [2.24, 2.45) is 12.1 Å². The van der Waals surface area contributed by atoms with E-state index in [1.54, 1.807) is 30.5 Å². The highest BCUT2D eigenvalue weighted by atomic mass is 19.1. The predicted molar refractivity (Wildman–Crippen MR) is 110 cm³/mol. The molecular weight excluding hydrogens is 369 g/mol. The molecule has 2 aromatic carbocycles. The Morgan fingerprint density at radius 2 is 1.86 bits per heavy atom. The molecule has 0 spiro atoms. The Bertz CT molecular complexity index is 1040. The van der Waals surface area contributed by atoms with Crippen LogP contribution < -0.4 is 10.3 Å². The lowest BCUT2D eigenvalue weighted by molar-refractivity contribution is 0.0941. The van der Waals surface area contributed by atoms with Crippen LogP contribution in [-0.4, -0.2) is 27.7 Å². The molecule has 4 rings (SSSR count). The number of carbonyl (C=O) groups is 1. The van der Waals surface area contributed by atoms with Gasteiger partial charge in [0.15, 0.2) is 0 Å². The molecule has 1 amide bonds. The number of hydrogen-bond donors (Lipinski definition) is 1. The molecule has 1 atom stereocenters. The monoisotopic (exact) mass is 391 g/mol. The molecule has 3 aromatic rings. The first kappa shape index (κ1) is 18.9. The quantitative estimate of drug-likeness (QED) is 0.722. The molecule has 148 valence electrons. The second-order valence-corrected chi connectivity index (χ2v) is 7.11. The Balaban J connectivity index is 1.56. The third-order valence-electron chi connectivity index (χ3n) is 5.00. The van der Waals surface area contributed by atoms with Gasteiger partial charge in [-0.2, -0.15) is 5.10 Å². The normalized spacial score (nSPS) is 14.6. The maximum absolute atomic E-state index is 13.4. The van der Waals surface area contributed by atoms with Crippen molar-refractivity contribution in [3.63, 3.8) is 0 Å². The molecule has 0 saturated heterocycles. The van der Waals surface area contributed by atoms with Crippen LogP contribution in [0.15, 0.2) is 66.0 Å². The van der Waals surface area contributed by atoms with Crippen LogP contribution in [0.1, 0.15) is 41.1 Å². The maximum Gasteiger partial charge on any atom is 0.252 e. The summed E-state index contributed by atoms with van der Waals surface area (Å²) in [5, 5.41) is 9.44. The van der Waals surface area contributed by atoms with E-state index >= 15 is 0 Å². The van der Waals surface area contributed by atoms with Gasteiger partial charge in [-0.15, -0.1) is 0 Å². The van der Waals surface area contributed by atoms with Crippen LogP contribution in [0.4, 0.5) is 10.1 Å². The number of nitrogens with one attached hydrogen (secondary N) is 1. The van der Waals surface area contributed by atoms with Gasteiger partial charge in [0, 0.05) is 43.7 Å². The van der Waals surface area contributed by atoms with Gasteiger partial charge in [-0.1, -0.05) is 12.1 Å². The zero-order chi connectivity index (χ0) is 20.4. The lowest BCUT2D eigenvalue weighted by Gasteiger charge is -2.20. The van der Waals surface area contributed by atoms with Crippen LogP contribution in [0.2, 0.25) is 0 Å². The Kier molecular flexibility index (Phi) is 5.12. The number of hydrazone groups is 1. The average molecular weight is 391 g/mol. The number of benzene rings is 2. The van der Waals surface area contributed by atoms with Gasteiger partial charge in [0.1, 0.15) is 17.7 Å². The van der Waals surface area contributed by atoms with E-state index < -0.39 is 6.04 Å². The minimum Gasteiger partial charge on any atom is -0.338 e. The van der Waals surface area contributed by atoms with Crippen molar-refractivity contribution in [3.8, 4) is 0 Å². The molecule has 2 heterocycles. The summed E-state index contributed by atoms with van der Waals surface area (Å²) in [5.74, 6) is 0.118. The number of rotatable bonds is 5. The first-order valence-electron chi connectivity index (χ1n) is 9.46. The average Bonchev–Trinajstić information content (AvgIpc) is 3.35. The summed E-state index contributed by atoms with van der Waals surface area (Å²) in [6.07, 6.45) is 4.43. The predicted octanol–water partition coefficient (Wildman–Crippen LogP) is 3.66. The van der Waals surface area contributed by atoms with E-state index in [9.17, 15) is 9.18 Å². The van der Waals surface area contributed by atoms with Crippen LogP contribution in [0.5, 0.6) is 0 Å². The van der Waals surface area contributed by atoms with Gasteiger partial charge in [-0.25, -0.2) is 9.37 Å². The molecule has 29 heavy (non-hydrogen) atoms. The minimum atomic E-state index is -0.492. The second-order valence-electron chi connectivity index (χ2n) is 7.11. The van der Waals surface area contributed by atoms with Crippen molar-refractivity contribution in [3.05, 3.63) is 83.7 Å². The number of amides is 1. The van der Waals surface area contributed by atoms with E-state index in [1.807, 2.05) is 41.9 Å². The van der Waals surface area contributed by atoms with Gasteiger partial charge in [-0.3, -0.25) is 9.80 Å². The summed E-state index contributed by atoms with van der Waals surface area (Å²) in [6, 6.07) is 12.9. The number of carbonyl (C=O) groups excluding carboxylic acids is 1. The van der Waals surface area contributed by atoms with E-state index in [2.05, 4.69) is 15.4 Å². The smallest absolute Gasteiger partial charge is 0.252 e. The summed E-state index contributed by atoms with van der Waals surface area (Å²) in [6.45, 7) is 2.86. The fourth-order valence-corrected chi connectivity index (χ4v) is 3.37. The first-order valence-corrected chi connectivity index (χ1v) is 9.46. The number of nitrogens with zero attached hydrogens (tertiary/aromatic N) is 4. The lowest BCUT2D eigenvalue weighted by Crippen LogP contribution is -2.31. The van der Waals surface area contributed by atoms with Gasteiger partial charge in [0.2, 0.25) is 0 Å². The van der Waals surface area contributed by atoms with Crippen molar-refractivity contribution in [2.45, 2.75) is 19.4 Å². The second kappa shape index (κ2) is 7.87. The topological polar surface area (TPSA) is 62.5 Å². The van der Waals surface area contributed by atoms with Crippen molar-refractivity contribution in [1.82, 2.24) is 14.9 Å². The summed E-state index contributed by atoms with van der Waals surface area (Å²) in [7, 11) is 1.86. The number of halogens is 1. The number of anilines is 1.